The van der Waals surface area contributed by atoms with E-state index in [1.807, 2.05) is 30.3 Å². The fourth-order valence-corrected chi connectivity index (χ4v) is 4.30. The number of hydrogen-bond donors (Lipinski definition) is 1. The average Bonchev–Trinajstić information content (AvgIpc) is 2.77. The maximum atomic E-state index is 14.1. The normalized spacial score (nSPS) is 15.5. The lowest BCUT2D eigenvalue weighted by atomic mass is 10.1. The molecule has 0 spiro atoms. The van der Waals surface area contributed by atoms with Crippen molar-refractivity contribution in [1.82, 2.24) is 0 Å². The SMILES string of the molecule is NS(=O)(=O)c1cc(C(=O)OCc2cc(F)cc3c2OC(c2ccccc2)OC3)ccc1Cl. The number of primary sulfonamides is 1. The molecule has 0 saturated carbocycles. The molecule has 0 radical (unpaired) electrons. The van der Waals surface area contributed by atoms with E-state index >= 15 is 0 Å². The number of fused-ring (bicyclic) bond motifs is 1. The lowest BCUT2D eigenvalue weighted by Gasteiger charge is -2.28. The summed E-state index contributed by atoms with van der Waals surface area (Å²) in [5, 5.41) is 4.99. The quantitative estimate of drug-likeness (QED) is 0.555. The predicted molar refractivity (Wildman–Crippen MR) is 113 cm³/mol. The van der Waals surface area contributed by atoms with Gasteiger partial charge in [-0.25, -0.2) is 22.7 Å². The smallest absolute Gasteiger partial charge is 0.338 e. The van der Waals surface area contributed by atoms with Gasteiger partial charge in [0, 0.05) is 16.7 Å². The molecule has 0 bridgehead atoms. The minimum atomic E-state index is -4.13. The van der Waals surface area contributed by atoms with E-state index in [1.165, 1.54) is 24.3 Å². The summed E-state index contributed by atoms with van der Waals surface area (Å²) in [6.45, 7) is -0.198. The fraction of sp³-hybridized carbons (Fsp3) is 0.136. The van der Waals surface area contributed by atoms with Crippen molar-refractivity contribution in [3.8, 4) is 5.75 Å². The molecule has 0 amide bonds. The summed E-state index contributed by atoms with van der Waals surface area (Å²) in [7, 11) is -4.13. The van der Waals surface area contributed by atoms with Gasteiger partial charge in [0.25, 0.3) is 0 Å². The summed E-state index contributed by atoms with van der Waals surface area (Å²) in [4.78, 5) is 12.1. The standard InChI is InChI=1S/C22H17ClFNO6S/c23-18-7-6-14(10-19(18)32(25,27)28)21(26)29-11-15-8-17(24)9-16-12-30-22(31-20(15)16)13-4-2-1-3-5-13/h1-10,22H,11-12H2,(H2,25,27,28). The van der Waals surface area contributed by atoms with Crippen LogP contribution in [0.15, 0.2) is 65.6 Å². The van der Waals surface area contributed by atoms with Crippen LogP contribution in [0.5, 0.6) is 5.75 Å². The van der Waals surface area contributed by atoms with Crippen LogP contribution in [0.4, 0.5) is 4.39 Å². The highest BCUT2D eigenvalue weighted by Crippen LogP contribution is 2.37. The summed E-state index contributed by atoms with van der Waals surface area (Å²) in [5.41, 5.74) is 1.49. The van der Waals surface area contributed by atoms with E-state index in [0.717, 1.165) is 11.6 Å². The Kier molecular flexibility index (Phi) is 6.16. The first-order valence-electron chi connectivity index (χ1n) is 9.36. The number of carbonyl (C=O) groups excluding carboxylic acids is 1. The zero-order valence-electron chi connectivity index (χ0n) is 16.5. The van der Waals surface area contributed by atoms with Crippen LogP contribution >= 0.6 is 11.6 Å². The molecule has 1 aliphatic heterocycles. The minimum absolute atomic E-state index is 0.0740. The summed E-state index contributed by atoms with van der Waals surface area (Å²) in [5.74, 6) is -1.01. The van der Waals surface area contributed by atoms with E-state index < -0.39 is 33.0 Å². The number of nitrogens with two attached hydrogens (primary N) is 1. The molecule has 1 aliphatic rings. The van der Waals surface area contributed by atoms with E-state index in [2.05, 4.69) is 0 Å². The Morgan fingerprint density at radius 1 is 1.16 bits per heavy atom. The molecule has 7 nitrogen and oxygen atoms in total. The molecule has 10 heteroatoms. The van der Waals surface area contributed by atoms with Gasteiger partial charge in [-0.1, -0.05) is 41.9 Å². The Labute approximate surface area is 188 Å². The number of esters is 1. The molecule has 2 N–H and O–H groups in total. The Morgan fingerprint density at radius 3 is 2.62 bits per heavy atom. The lowest BCUT2D eigenvalue weighted by molar-refractivity contribution is -0.112. The van der Waals surface area contributed by atoms with Crippen LogP contribution in [0.3, 0.4) is 0 Å². The van der Waals surface area contributed by atoms with Crippen molar-refractivity contribution in [1.29, 1.82) is 0 Å². The van der Waals surface area contributed by atoms with Crippen molar-refractivity contribution < 1.29 is 31.8 Å². The molecule has 166 valence electrons. The number of ether oxygens (including phenoxy) is 3. The highest BCUT2D eigenvalue weighted by atomic mass is 35.5. The second-order valence-corrected chi connectivity index (χ2v) is 8.93. The number of sulfonamides is 1. The van der Waals surface area contributed by atoms with Gasteiger partial charge in [-0.3, -0.25) is 0 Å². The topological polar surface area (TPSA) is 105 Å². The van der Waals surface area contributed by atoms with Gasteiger partial charge in [-0.2, -0.15) is 0 Å². The van der Waals surface area contributed by atoms with Crippen LogP contribution in [-0.2, 0) is 32.7 Å². The van der Waals surface area contributed by atoms with Crippen LogP contribution in [-0.4, -0.2) is 14.4 Å². The molecule has 1 atom stereocenters. The van der Waals surface area contributed by atoms with Crippen molar-refractivity contribution in [3.63, 3.8) is 0 Å². The van der Waals surface area contributed by atoms with Gasteiger partial charge < -0.3 is 14.2 Å². The van der Waals surface area contributed by atoms with Gasteiger partial charge in [0.1, 0.15) is 23.1 Å². The molecule has 32 heavy (non-hydrogen) atoms. The largest absolute Gasteiger partial charge is 0.460 e. The van der Waals surface area contributed by atoms with Crippen molar-refractivity contribution >= 4 is 27.6 Å². The van der Waals surface area contributed by atoms with Crippen LogP contribution < -0.4 is 9.88 Å². The monoisotopic (exact) mass is 477 g/mol. The van der Waals surface area contributed by atoms with Crippen molar-refractivity contribution in [2.45, 2.75) is 24.4 Å². The zero-order chi connectivity index (χ0) is 22.9. The lowest BCUT2D eigenvalue weighted by Crippen LogP contribution is -2.20. The highest BCUT2D eigenvalue weighted by molar-refractivity contribution is 7.89. The third kappa shape index (κ3) is 4.76. The van der Waals surface area contributed by atoms with E-state index in [4.69, 9.17) is 31.0 Å². The molecule has 4 rings (SSSR count). The van der Waals surface area contributed by atoms with Gasteiger partial charge in [0.15, 0.2) is 0 Å². The van der Waals surface area contributed by atoms with Gasteiger partial charge in [0.2, 0.25) is 16.3 Å². The molecular weight excluding hydrogens is 461 g/mol. The second-order valence-electron chi connectivity index (χ2n) is 6.99. The van der Waals surface area contributed by atoms with Crippen LogP contribution in [0, 0.1) is 5.82 Å². The molecule has 0 aliphatic carbocycles. The number of halogens is 2. The summed E-state index contributed by atoms with van der Waals surface area (Å²) >= 11 is 5.84. The summed E-state index contributed by atoms with van der Waals surface area (Å²) < 4.78 is 54.2. The molecule has 1 unspecified atom stereocenters. The first-order valence-corrected chi connectivity index (χ1v) is 11.3. The molecule has 0 fully saturated rings. The Bertz CT molecular complexity index is 1280. The van der Waals surface area contributed by atoms with Crippen LogP contribution in [0.2, 0.25) is 5.02 Å². The number of rotatable bonds is 5. The molecule has 1 heterocycles. The van der Waals surface area contributed by atoms with Crippen LogP contribution in [0.1, 0.15) is 33.3 Å². The number of hydrogen-bond acceptors (Lipinski definition) is 6. The number of benzene rings is 3. The maximum Gasteiger partial charge on any atom is 0.338 e. The van der Waals surface area contributed by atoms with Crippen molar-refractivity contribution in [3.05, 3.63) is 93.8 Å². The molecule has 3 aromatic rings. The minimum Gasteiger partial charge on any atom is -0.460 e. The Morgan fingerprint density at radius 2 is 1.91 bits per heavy atom. The molecule has 3 aromatic carbocycles. The third-order valence-electron chi connectivity index (χ3n) is 4.73. The molecule has 0 aromatic heterocycles. The predicted octanol–water partition coefficient (Wildman–Crippen LogP) is 4.09. The van der Waals surface area contributed by atoms with Gasteiger partial charge in [-0.15, -0.1) is 0 Å². The van der Waals surface area contributed by atoms with Crippen molar-refractivity contribution in [2.75, 3.05) is 0 Å². The number of carbonyl (C=O) groups is 1. The van der Waals surface area contributed by atoms with Crippen molar-refractivity contribution in [2.24, 2.45) is 5.14 Å². The van der Waals surface area contributed by atoms with E-state index in [0.29, 0.717) is 16.9 Å². The fourth-order valence-electron chi connectivity index (χ4n) is 3.23. The molecule has 0 saturated heterocycles. The summed E-state index contributed by atoms with van der Waals surface area (Å²) in [6.07, 6.45) is -0.697. The first-order chi connectivity index (χ1) is 15.2. The Balaban J connectivity index is 1.56. The van der Waals surface area contributed by atoms with Gasteiger partial charge >= 0.3 is 5.97 Å². The van der Waals surface area contributed by atoms with Gasteiger partial charge in [0.05, 0.1) is 17.2 Å². The highest BCUT2D eigenvalue weighted by Gasteiger charge is 2.26. The summed E-state index contributed by atoms with van der Waals surface area (Å²) in [6, 6.07) is 15.3. The Hall–Kier alpha value is -2.98. The maximum absolute atomic E-state index is 14.1. The first kappa shape index (κ1) is 22.2. The second kappa shape index (κ2) is 8.87. The van der Waals surface area contributed by atoms with E-state index in [-0.39, 0.29) is 23.8 Å². The van der Waals surface area contributed by atoms with Crippen LogP contribution in [0.25, 0.3) is 0 Å². The average molecular weight is 478 g/mol. The van der Waals surface area contributed by atoms with E-state index in [1.54, 1.807) is 0 Å². The third-order valence-corrected chi connectivity index (χ3v) is 6.12. The molecular formula is C22H17ClFNO6S. The zero-order valence-corrected chi connectivity index (χ0v) is 18.0. The van der Waals surface area contributed by atoms with Gasteiger partial charge in [-0.05, 0) is 30.3 Å². The van der Waals surface area contributed by atoms with E-state index in [9.17, 15) is 17.6 Å².